The van der Waals surface area contributed by atoms with Crippen molar-refractivity contribution in [2.24, 2.45) is 11.7 Å². The quantitative estimate of drug-likeness (QED) is 0.644. The van der Waals surface area contributed by atoms with E-state index in [0.29, 0.717) is 12.5 Å². The average Bonchev–Trinajstić information content (AvgIpc) is 2.12. The van der Waals surface area contributed by atoms with E-state index in [0.717, 1.165) is 19.6 Å². The van der Waals surface area contributed by atoms with Gasteiger partial charge in [0.2, 0.25) is 0 Å². The second-order valence-electron chi connectivity index (χ2n) is 5.65. The maximum atomic E-state index is 11.0. The number of carboxylic acids is 1. The molecule has 0 aliphatic carbocycles. The van der Waals surface area contributed by atoms with Gasteiger partial charge in [-0.15, -0.1) is 0 Å². The fourth-order valence-corrected chi connectivity index (χ4v) is 1.62. The van der Waals surface area contributed by atoms with E-state index in [-0.39, 0.29) is 0 Å². The van der Waals surface area contributed by atoms with Crippen LogP contribution in [0.25, 0.3) is 0 Å². The molecule has 0 aromatic heterocycles. The van der Waals surface area contributed by atoms with E-state index >= 15 is 0 Å². The van der Waals surface area contributed by atoms with Crippen molar-refractivity contribution < 1.29 is 9.90 Å². The lowest BCUT2D eigenvalue weighted by Gasteiger charge is -2.31. The summed E-state index contributed by atoms with van der Waals surface area (Å²) in [6.45, 7) is 8.81. The summed E-state index contributed by atoms with van der Waals surface area (Å²) in [4.78, 5) is 15.2. The van der Waals surface area contributed by atoms with Gasteiger partial charge in [-0.3, -0.25) is 9.69 Å². The Hall–Kier alpha value is -0.650. The van der Waals surface area contributed by atoms with E-state index in [4.69, 9.17) is 10.8 Å². The van der Waals surface area contributed by atoms with Crippen LogP contribution in [0.4, 0.5) is 0 Å². The van der Waals surface area contributed by atoms with Gasteiger partial charge < -0.3 is 15.7 Å². The molecule has 0 spiro atoms. The van der Waals surface area contributed by atoms with Crippen molar-refractivity contribution in [3.05, 3.63) is 0 Å². The Balaban J connectivity index is 4.42. The molecular formula is C12H27N3O2. The Kier molecular flexibility index (Phi) is 6.67. The summed E-state index contributed by atoms with van der Waals surface area (Å²) in [6, 6.07) is 0. The van der Waals surface area contributed by atoms with Gasteiger partial charge >= 0.3 is 5.97 Å². The summed E-state index contributed by atoms with van der Waals surface area (Å²) in [6.07, 6.45) is 0. The van der Waals surface area contributed by atoms with E-state index in [1.807, 2.05) is 14.1 Å². The summed E-state index contributed by atoms with van der Waals surface area (Å²) < 4.78 is 0. The molecule has 5 heteroatoms. The fraction of sp³-hybridized carbons (Fsp3) is 0.917. The van der Waals surface area contributed by atoms with E-state index in [1.165, 1.54) is 0 Å². The molecule has 5 nitrogen and oxygen atoms in total. The topological polar surface area (TPSA) is 69.8 Å². The first-order valence-electron chi connectivity index (χ1n) is 6.04. The first kappa shape index (κ1) is 16.4. The van der Waals surface area contributed by atoms with Gasteiger partial charge in [0.15, 0.2) is 0 Å². The van der Waals surface area contributed by atoms with Gasteiger partial charge in [0, 0.05) is 26.2 Å². The molecule has 0 heterocycles. The van der Waals surface area contributed by atoms with Crippen LogP contribution in [-0.4, -0.2) is 66.7 Å². The number of hydrogen-bond acceptors (Lipinski definition) is 4. The zero-order valence-corrected chi connectivity index (χ0v) is 11.7. The third-order valence-electron chi connectivity index (χ3n) is 2.53. The summed E-state index contributed by atoms with van der Waals surface area (Å²) in [5.41, 5.74) is 4.61. The fourth-order valence-electron chi connectivity index (χ4n) is 1.62. The van der Waals surface area contributed by atoms with Gasteiger partial charge in [-0.1, -0.05) is 13.8 Å². The summed E-state index contributed by atoms with van der Waals surface area (Å²) in [5.74, 6) is -0.446. The van der Waals surface area contributed by atoms with Crippen molar-refractivity contribution in [1.29, 1.82) is 0 Å². The molecule has 0 saturated heterocycles. The van der Waals surface area contributed by atoms with Crippen LogP contribution in [0, 0.1) is 5.92 Å². The first-order chi connectivity index (χ1) is 7.65. The Morgan fingerprint density at radius 3 is 2.24 bits per heavy atom. The van der Waals surface area contributed by atoms with E-state index in [1.54, 1.807) is 6.92 Å². The molecule has 102 valence electrons. The second kappa shape index (κ2) is 6.93. The highest BCUT2D eigenvalue weighted by Crippen LogP contribution is 2.06. The van der Waals surface area contributed by atoms with Gasteiger partial charge in [-0.05, 0) is 26.9 Å². The predicted octanol–water partition coefficient (Wildman–Crippen LogP) is 0.308. The van der Waals surface area contributed by atoms with Crippen LogP contribution in [0.1, 0.15) is 20.8 Å². The highest BCUT2D eigenvalue weighted by atomic mass is 16.4. The highest BCUT2D eigenvalue weighted by Gasteiger charge is 2.30. The molecule has 0 rings (SSSR count). The van der Waals surface area contributed by atoms with Crippen molar-refractivity contribution in [1.82, 2.24) is 9.80 Å². The zero-order chi connectivity index (χ0) is 13.6. The first-order valence-corrected chi connectivity index (χ1v) is 6.04. The van der Waals surface area contributed by atoms with Crippen LogP contribution in [-0.2, 0) is 4.79 Å². The monoisotopic (exact) mass is 245 g/mol. The molecule has 0 aromatic rings. The van der Waals surface area contributed by atoms with Crippen LogP contribution < -0.4 is 5.73 Å². The van der Waals surface area contributed by atoms with Gasteiger partial charge in [0.25, 0.3) is 0 Å². The van der Waals surface area contributed by atoms with Crippen molar-refractivity contribution >= 4 is 5.97 Å². The van der Waals surface area contributed by atoms with E-state index < -0.39 is 11.5 Å². The second-order valence-corrected chi connectivity index (χ2v) is 5.65. The number of carboxylic acid groups (broad SMARTS) is 1. The number of likely N-dealkylation sites (N-methyl/N-ethyl adjacent to an activating group) is 1. The highest BCUT2D eigenvalue weighted by molar-refractivity contribution is 5.78. The molecule has 1 unspecified atom stereocenters. The SMILES string of the molecule is CC(C)CN(CCN(C)C)CC(C)(N)C(=O)O. The molecule has 17 heavy (non-hydrogen) atoms. The van der Waals surface area contributed by atoms with Crippen molar-refractivity contribution in [2.45, 2.75) is 26.3 Å². The van der Waals surface area contributed by atoms with Gasteiger partial charge in [-0.2, -0.15) is 0 Å². The molecule has 0 saturated carbocycles. The van der Waals surface area contributed by atoms with Crippen LogP contribution in [0.2, 0.25) is 0 Å². The normalized spacial score (nSPS) is 15.6. The molecule has 0 aliphatic heterocycles. The van der Waals surface area contributed by atoms with Crippen molar-refractivity contribution in [3.63, 3.8) is 0 Å². The molecule has 0 fully saturated rings. The van der Waals surface area contributed by atoms with Crippen LogP contribution in [0.15, 0.2) is 0 Å². The van der Waals surface area contributed by atoms with Crippen LogP contribution in [0.5, 0.6) is 0 Å². The van der Waals surface area contributed by atoms with Crippen LogP contribution >= 0.6 is 0 Å². The Bertz CT molecular complexity index is 240. The summed E-state index contributed by atoms with van der Waals surface area (Å²) in [7, 11) is 4.01. The van der Waals surface area contributed by atoms with E-state index in [9.17, 15) is 4.79 Å². The number of carbonyl (C=O) groups is 1. The molecule has 3 N–H and O–H groups in total. The zero-order valence-electron chi connectivity index (χ0n) is 11.7. The standard InChI is InChI=1S/C12H27N3O2/c1-10(2)8-15(7-6-14(4)5)9-12(3,13)11(16)17/h10H,6-9,13H2,1-5H3,(H,16,17). The molecule has 0 aliphatic rings. The average molecular weight is 245 g/mol. The summed E-state index contributed by atoms with van der Waals surface area (Å²) in [5, 5.41) is 9.04. The van der Waals surface area contributed by atoms with Crippen molar-refractivity contribution in [2.75, 3.05) is 40.3 Å². The Morgan fingerprint density at radius 2 is 1.88 bits per heavy atom. The predicted molar refractivity (Wildman–Crippen MR) is 70.1 cm³/mol. The molecule has 0 aromatic carbocycles. The van der Waals surface area contributed by atoms with Gasteiger partial charge in [0.1, 0.15) is 5.54 Å². The number of nitrogens with two attached hydrogens (primary N) is 1. The third-order valence-corrected chi connectivity index (χ3v) is 2.53. The maximum Gasteiger partial charge on any atom is 0.324 e. The van der Waals surface area contributed by atoms with E-state index in [2.05, 4.69) is 23.6 Å². The lowest BCUT2D eigenvalue weighted by atomic mass is 10.0. The number of rotatable bonds is 8. The largest absolute Gasteiger partial charge is 0.480 e. The third kappa shape index (κ3) is 7.31. The minimum atomic E-state index is -1.18. The molecule has 1 atom stereocenters. The minimum Gasteiger partial charge on any atom is -0.480 e. The molecular weight excluding hydrogens is 218 g/mol. The molecule has 0 radical (unpaired) electrons. The van der Waals surface area contributed by atoms with Crippen molar-refractivity contribution in [3.8, 4) is 0 Å². The Morgan fingerprint density at radius 1 is 1.35 bits per heavy atom. The Labute approximate surface area is 105 Å². The number of hydrogen-bond donors (Lipinski definition) is 2. The van der Waals surface area contributed by atoms with Crippen LogP contribution in [0.3, 0.4) is 0 Å². The minimum absolute atomic E-state index is 0.383. The number of nitrogens with zero attached hydrogens (tertiary/aromatic N) is 2. The number of aliphatic carboxylic acids is 1. The molecule has 0 amide bonds. The molecule has 0 bridgehead atoms. The van der Waals surface area contributed by atoms with Gasteiger partial charge in [-0.25, -0.2) is 0 Å². The summed E-state index contributed by atoms with van der Waals surface area (Å²) >= 11 is 0. The maximum absolute atomic E-state index is 11.0. The van der Waals surface area contributed by atoms with Gasteiger partial charge in [0.05, 0.1) is 0 Å². The lowest BCUT2D eigenvalue weighted by Crippen LogP contribution is -2.55. The lowest BCUT2D eigenvalue weighted by molar-refractivity contribution is -0.143. The smallest absolute Gasteiger partial charge is 0.324 e.